The molecule has 0 aliphatic carbocycles. The Morgan fingerprint density at radius 3 is 2.52 bits per heavy atom. The first-order valence-electron chi connectivity index (χ1n) is 6.82. The summed E-state index contributed by atoms with van der Waals surface area (Å²) in [6, 6.07) is 7.12. The zero-order valence-corrected chi connectivity index (χ0v) is 13.3. The Morgan fingerprint density at radius 2 is 1.95 bits per heavy atom. The first-order valence-corrected chi connectivity index (χ1v) is 7.20. The lowest BCUT2D eigenvalue weighted by atomic mass is 10.2. The molecule has 0 N–H and O–H groups in total. The van der Waals surface area contributed by atoms with Gasteiger partial charge in [-0.25, -0.2) is 4.79 Å². The molecule has 1 amide bonds. The van der Waals surface area contributed by atoms with Gasteiger partial charge in [-0.2, -0.15) is 0 Å². The molecule has 0 spiro atoms. The van der Waals surface area contributed by atoms with Gasteiger partial charge < -0.3 is 14.4 Å². The van der Waals surface area contributed by atoms with Crippen LogP contribution >= 0.6 is 11.6 Å². The second kappa shape index (κ2) is 5.98. The molecule has 0 bridgehead atoms. The monoisotopic (exact) mass is 309 g/mol. The summed E-state index contributed by atoms with van der Waals surface area (Å²) in [6.45, 7) is 10.4. The largest absolute Gasteiger partial charge is 0.484 e. The number of hydrogen-bond acceptors (Lipinski definition) is 3. The van der Waals surface area contributed by atoms with Crippen LogP contribution in [0.1, 0.15) is 20.8 Å². The molecule has 1 atom stereocenters. The molecular weight excluding hydrogens is 290 g/mol. The van der Waals surface area contributed by atoms with E-state index in [-0.39, 0.29) is 12.2 Å². The Hall–Kier alpha value is -1.68. The fourth-order valence-electron chi connectivity index (χ4n) is 2.00. The molecular formula is C16H20ClNO3. The van der Waals surface area contributed by atoms with Gasteiger partial charge >= 0.3 is 6.09 Å². The van der Waals surface area contributed by atoms with Crippen LogP contribution in [0.15, 0.2) is 36.4 Å². The second-order valence-corrected chi connectivity index (χ2v) is 6.52. The van der Waals surface area contributed by atoms with E-state index in [4.69, 9.17) is 21.1 Å². The number of hydrogen-bond donors (Lipinski definition) is 0. The number of ether oxygens (including phenoxy) is 2. The Kier molecular flexibility index (Phi) is 4.47. The molecule has 1 aliphatic rings. The zero-order valence-electron chi connectivity index (χ0n) is 12.6. The lowest BCUT2D eigenvalue weighted by Crippen LogP contribution is -2.36. The number of benzene rings is 1. The van der Waals surface area contributed by atoms with Crippen LogP contribution in [-0.2, 0) is 4.74 Å². The average molecular weight is 310 g/mol. The second-order valence-electron chi connectivity index (χ2n) is 6.08. The Labute approximate surface area is 130 Å². The zero-order chi connectivity index (χ0) is 15.6. The minimum absolute atomic E-state index is 0.223. The number of rotatable bonds is 2. The van der Waals surface area contributed by atoms with E-state index in [1.54, 1.807) is 29.2 Å². The van der Waals surface area contributed by atoms with Crippen molar-refractivity contribution in [1.82, 2.24) is 4.90 Å². The highest BCUT2D eigenvalue weighted by Gasteiger charge is 2.33. The minimum atomic E-state index is -0.506. The molecule has 21 heavy (non-hydrogen) atoms. The van der Waals surface area contributed by atoms with Gasteiger partial charge in [0.25, 0.3) is 0 Å². The molecule has 1 heterocycles. The molecule has 0 aromatic heterocycles. The molecule has 1 fully saturated rings. The number of nitrogens with zero attached hydrogens (tertiary/aromatic N) is 1. The Bertz CT molecular complexity index is 533. The van der Waals surface area contributed by atoms with Crippen molar-refractivity contribution in [3.05, 3.63) is 41.4 Å². The molecule has 1 aromatic carbocycles. The molecule has 1 aliphatic heterocycles. The number of likely N-dealkylation sites (tertiary alicyclic amines) is 1. The number of carbonyl (C=O) groups excluding carboxylic acids is 1. The van der Waals surface area contributed by atoms with Gasteiger partial charge in [0.1, 0.15) is 17.5 Å². The van der Waals surface area contributed by atoms with Crippen LogP contribution in [0.4, 0.5) is 4.79 Å². The molecule has 4 nitrogen and oxygen atoms in total. The summed E-state index contributed by atoms with van der Waals surface area (Å²) >= 11 is 5.84. The Balaban J connectivity index is 1.96. The van der Waals surface area contributed by atoms with Crippen LogP contribution in [0, 0.1) is 0 Å². The van der Waals surface area contributed by atoms with Crippen LogP contribution < -0.4 is 4.74 Å². The predicted octanol–water partition coefficient (Wildman–Crippen LogP) is 3.89. The molecule has 0 radical (unpaired) electrons. The van der Waals surface area contributed by atoms with E-state index >= 15 is 0 Å². The van der Waals surface area contributed by atoms with Gasteiger partial charge in [0.05, 0.1) is 6.54 Å². The summed E-state index contributed by atoms with van der Waals surface area (Å²) in [4.78, 5) is 13.6. The fourth-order valence-corrected chi connectivity index (χ4v) is 2.13. The first-order chi connectivity index (χ1) is 9.74. The van der Waals surface area contributed by atoms with Crippen molar-refractivity contribution >= 4 is 17.7 Å². The summed E-state index contributed by atoms with van der Waals surface area (Å²) in [7, 11) is 0. The van der Waals surface area contributed by atoms with Crippen LogP contribution in [0.25, 0.3) is 0 Å². The van der Waals surface area contributed by atoms with Gasteiger partial charge in [-0.15, -0.1) is 0 Å². The van der Waals surface area contributed by atoms with Crippen LogP contribution in [0.3, 0.4) is 0 Å². The van der Waals surface area contributed by atoms with Crippen molar-refractivity contribution in [1.29, 1.82) is 0 Å². The summed E-state index contributed by atoms with van der Waals surface area (Å²) in [5.74, 6) is 0.705. The average Bonchev–Trinajstić information content (AvgIpc) is 2.72. The lowest BCUT2D eigenvalue weighted by Gasteiger charge is -2.24. The van der Waals surface area contributed by atoms with Crippen LogP contribution in [0.5, 0.6) is 5.75 Å². The van der Waals surface area contributed by atoms with Gasteiger partial charge in [-0.1, -0.05) is 18.2 Å². The lowest BCUT2D eigenvalue weighted by molar-refractivity contribution is 0.0276. The van der Waals surface area contributed by atoms with E-state index in [1.807, 2.05) is 20.8 Å². The van der Waals surface area contributed by atoms with Crippen molar-refractivity contribution < 1.29 is 14.3 Å². The fraction of sp³-hybridized carbons (Fsp3) is 0.438. The normalized spacial score (nSPS) is 18.8. The molecule has 1 saturated heterocycles. The highest BCUT2D eigenvalue weighted by molar-refractivity contribution is 6.30. The summed E-state index contributed by atoms with van der Waals surface area (Å²) in [6.07, 6.45) is -0.565. The van der Waals surface area contributed by atoms with E-state index in [2.05, 4.69) is 6.58 Å². The van der Waals surface area contributed by atoms with Gasteiger partial charge in [0, 0.05) is 11.6 Å². The summed E-state index contributed by atoms with van der Waals surface area (Å²) in [5.41, 5.74) is 0.351. The van der Waals surface area contributed by atoms with Crippen LogP contribution in [0.2, 0.25) is 5.02 Å². The van der Waals surface area contributed by atoms with E-state index in [0.717, 1.165) is 5.57 Å². The van der Waals surface area contributed by atoms with E-state index in [1.165, 1.54) is 0 Å². The van der Waals surface area contributed by atoms with Gasteiger partial charge in [-0.05, 0) is 50.6 Å². The van der Waals surface area contributed by atoms with Gasteiger partial charge in [0.2, 0.25) is 0 Å². The number of halogens is 1. The molecule has 0 saturated carbocycles. The molecule has 1 unspecified atom stereocenters. The standard InChI is InChI=1S/C16H20ClNO3/c1-11-9-18(15(19)21-16(2,3)4)10-14(11)20-13-7-5-12(17)6-8-13/h5-8,14H,1,9-10H2,2-4H3. The maximum atomic E-state index is 12.0. The smallest absolute Gasteiger partial charge is 0.410 e. The number of amides is 1. The third kappa shape index (κ3) is 4.39. The molecule has 1 aromatic rings. The maximum Gasteiger partial charge on any atom is 0.410 e. The van der Waals surface area contributed by atoms with Crippen molar-refractivity contribution in [2.24, 2.45) is 0 Å². The van der Waals surface area contributed by atoms with Crippen molar-refractivity contribution in [3.8, 4) is 5.75 Å². The SMILES string of the molecule is C=C1CN(C(=O)OC(C)(C)C)CC1Oc1ccc(Cl)cc1. The number of carbonyl (C=O) groups is 1. The van der Waals surface area contributed by atoms with Crippen molar-refractivity contribution in [2.75, 3.05) is 13.1 Å². The van der Waals surface area contributed by atoms with Crippen molar-refractivity contribution in [3.63, 3.8) is 0 Å². The van der Waals surface area contributed by atoms with E-state index in [0.29, 0.717) is 23.9 Å². The van der Waals surface area contributed by atoms with Crippen LogP contribution in [-0.4, -0.2) is 35.8 Å². The van der Waals surface area contributed by atoms with E-state index < -0.39 is 5.60 Å². The quantitative estimate of drug-likeness (QED) is 0.778. The Morgan fingerprint density at radius 1 is 1.33 bits per heavy atom. The third-order valence-electron chi connectivity index (χ3n) is 2.98. The maximum absolute atomic E-state index is 12.0. The first kappa shape index (κ1) is 15.7. The highest BCUT2D eigenvalue weighted by atomic mass is 35.5. The summed E-state index contributed by atoms with van der Waals surface area (Å²) < 4.78 is 11.2. The topological polar surface area (TPSA) is 38.8 Å². The minimum Gasteiger partial charge on any atom is -0.484 e. The molecule has 5 heteroatoms. The molecule has 2 rings (SSSR count). The van der Waals surface area contributed by atoms with Gasteiger partial charge in [-0.3, -0.25) is 0 Å². The molecule has 114 valence electrons. The predicted molar refractivity (Wildman–Crippen MR) is 82.8 cm³/mol. The van der Waals surface area contributed by atoms with Crippen molar-refractivity contribution in [2.45, 2.75) is 32.5 Å². The van der Waals surface area contributed by atoms with E-state index in [9.17, 15) is 4.79 Å². The third-order valence-corrected chi connectivity index (χ3v) is 3.23. The van der Waals surface area contributed by atoms with Gasteiger partial charge in [0.15, 0.2) is 0 Å². The highest BCUT2D eigenvalue weighted by Crippen LogP contribution is 2.24. The summed E-state index contributed by atoms with van der Waals surface area (Å²) in [5, 5.41) is 0.656.